The fourth-order valence-electron chi connectivity index (χ4n) is 1.31. The van der Waals surface area contributed by atoms with E-state index in [0.717, 1.165) is 23.3 Å². The number of furan rings is 1. The lowest BCUT2D eigenvalue weighted by molar-refractivity contribution is -0.138. The van der Waals surface area contributed by atoms with Crippen LogP contribution >= 0.6 is 11.8 Å². The average molecular weight is 285 g/mol. The van der Waals surface area contributed by atoms with Gasteiger partial charge in [0.2, 0.25) is 5.91 Å². The summed E-state index contributed by atoms with van der Waals surface area (Å²) >= 11 is 1.12. The summed E-state index contributed by atoms with van der Waals surface area (Å²) in [5.41, 5.74) is 0. The van der Waals surface area contributed by atoms with Gasteiger partial charge >= 0.3 is 5.97 Å². The quantitative estimate of drug-likeness (QED) is 0.867. The van der Waals surface area contributed by atoms with E-state index in [1.807, 2.05) is 19.1 Å². The average Bonchev–Trinajstić information content (AvgIpc) is 2.71. The van der Waals surface area contributed by atoms with Crippen molar-refractivity contribution in [2.45, 2.75) is 32.1 Å². The summed E-state index contributed by atoms with van der Waals surface area (Å²) < 4.78 is 4.43. The Labute approximate surface area is 117 Å². The molecule has 0 saturated carbocycles. The summed E-state index contributed by atoms with van der Waals surface area (Å²) in [5, 5.41) is 8.97. The van der Waals surface area contributed by atoms with Crippen molar-refractivity contribution < 1.29 is 19.1 Å². The Bertz CT molecular complexity index is 467. The molecule has 106 valence electrons. The van der Waals surface area contributed by atoms with Crippen LogP contribution in [-0.4, -0.2) is 39.4 Å². The van der Waals surface area contributed by atoms with Gasteiger partial charge in [0.1, 0.15) is 16.3 Å². The van der Waals surface area contributed by atoms with Crippen molar-refractivity contribution in [2.24, 2.45) is 0 Å². The molecule has 0 radical (unpaired) electrons. The van der Waals surface area contributed by atoms with Crippen molar-refractivity contribution in [2.75, 3.05) is 12.8 Å². The van der Waals surface area contributed by atoms with Crippen molar-refractivity contribution in [1.29, 1.82) is 0 Å². The lowest BCUT2D eigenvalue weighted by Crippen LogP contribution is -2.33. The number of aliphatic carboxylic acids is 1. The number of hydrogen-bond donors (Lipinski definition) is 1. The van der Waals surface area contributed by atoms with Crippen LogP contribution in [0.4, 0.5) is 0 Å². The van der Waals surface area contributed by atoms with Crippen LogP contribution in [0.3, 0.4) is 0 Å². The molecule has 6 heteroatoms. The van der Waals surface area contributed by atoms with Crippen LogP contribution in [-0.2, 0) is 16.1 Å². The maximum absolute atomic E-state index is 11.9. The third kappa shape index (κ3) is 4.63. The van der Waals surface area contributed by atoms with E-state index in [1.54, 1.807) is 20.9 Å². The fourth-order valence-corrected chi connectivity index (χ4v) is 2.13. The number of carboxylic acid groups (broad SMARTS) is 1. The highest BCUT2D eigenvalue weighted by molar-refractivity contribution is 8.01. The van der Waals surface area contributed by atoms with Gasteiger partial charge in [0, 0.05) is 7.05 Å². The third-order valence-electron chi connectivity index (χ3n) is 2.69. The van der Waals surface area contributed by atoms with Gasteiger partial charge in [0.05, 0.1) is 12.3 Å². The molecule has 0 aliphatic rings. The zero-order valence-corrected chi connectivity index (χ0v) is 12.4. The topological polar surface area (TPSA) is 70.8 Å². The van der Waals surface area contributed by atoms with Gasteiger partial charge in [0.25, 0.3) is 0 Å². The number of carbonyl (C=O) groups is 2. The molecule has 19 heavy (non-hydrogen) atoms. The molecule has 0 fully saturated rings. The van der Waals surface area contributed by atoms with Crippen molar-refractivity contribution in [1.82, 2.24) is 4.90 Å². The standard InChI is InChI=1S/C13H19NO4S/c1-9-5-6-10(18-9)7-14(4)11(15)8-19-13(2,3)12(16)17/h5-6H,7-8H2,1-4H3,(H,16,17). The van der Waals surface area contributed by atoms with Gasteiger partial charge in [-0.15, -0.1) is 11.8 Å². The second kappa shape index (κ2) is 6.14. The van der Waals surface area contributed by atoms with E-state index in [2.05, 4.69) is 0 Å². The molecule has 5 nitrogen and oxygen atoms in total. The number of hydrogen-bond acceptors (Lipinski definition) is 4. The summed E-state index contributed by atoms with van der Waals surface area (Å²) in [6.07, 6.45) is 0. The second-order valence-electron chi connectivity index (χ2n) is 4.87. The van der Waals surface area contributed by atoms with E-state index >= 15 is 0 Å². The fraction of sp³-hybridized carbons (Fsp3) is 0.538. The Hall–Kier alpha value is -1.43. The molecule has 1 heterocycles. The Morgan fingerprint density at radius 3 is 2.53 bits per heavy atom. The zero-order chi connectivity index (χ0) is 14.6. The molecule has 0 bridgehead atoms. The van der Waals surface area contributed by atoms with Gasteiger partial charge in [-0.25, -0.2) is 0 Å². The molecule has 0 aromatic carbocycles. The van der Waals surface area contributed by atoms with Crippen LogP contribution in [0.15, 0.2) is 16.5 Å². The predicted molar refractivity (Wildman–Crippen MR) is 74.1 cm³/mol. The molecule has 0 spiro atoms. The monoisotopic (exact) mass is 285 g/mol. The van der Waals surface area contributed by atoms with Crippen molar-refractivity contribution in [3.63, 3.8) is 0 Å². The largest absolute Gasteiger partial charge is 0.480 e. The first kappa shape index (κ1) is 15.6. The molecular weight excluding hydrogens is 266 g/mol. The summed E-state index contributed by atoms with van der Waals surface area (Å²) in [4.78, 5) is 24.4. The summed E-state index contributed by atoms with van der Waals surface area (Å²) in [6.45, 7) is 5.41. The van der Waals surface area contributed by atoms with Crippen molar-refractivity contribution >= 4 is 23.6 Å². The number of thioether (sulfide) groups is 1. The Balaban J connectivity index is 2.47. The maximum Gasteiger partial charge on any atom is 0.319 e. The summed E-state index contributed by atoms with van der Waals surface area (Å²) in [6, 6.07) is 3.67. The minimum absolute atomic E-state index is 0.117. The number of carbonyl (C=O) groups excluding carboxylic acids is 1. The predicted octanol–water partition coefficient (Wildman–Crippen LogP) is 2.14. The van der Waals surface area contributed by atoms with Crippen LogP contribution in [0.25, 0.3) is 0 Å². The molecule has 1 N–H and O–H groups in total. The number of carboxylic acids is 1. The third-order valence-corrected chi connectivity index (χ3v) is 3.97. The molecule has 1 aromatic heterocycles. The van der Waals surface area contributed by atoms with E-state index in [9.17, 15) is 9.59 Å². The highest BCUT2D eigenvalue weighted by Crippen LogP contribution is 2.24. The summed E-state index contributed by atoms with van der Waals surface area (Å²) in [7, 11) is 1.68. The Morgan fingerprint density at radius 2 is 2.05 bits per heavy atom. The van der Waals surface area contributed by atoms with Crippen LogP contribution < -0.4 is 0 Å². The zero-order valence-electron chi connectivity index (χ0n) is 11.6. The van der Waals surface area contributed by atoms with Gasteiger partial charge in [-0.05, 0) is 32.9 Å². The molecule has 0 aliphatic carbocycles. The minimum atomic E-state index is -0.961. The summed E-state index contributed by atoms with van der Waals surface area (Å²) in [5.74, 6) is 0.617. The van der Waals surface area contributed by atoms with Crippen LogP contribution in [0.5, 0.6) is 0 Å². The smallest absolute Gasteiger partial charge is 0.319 e. The minimum Gasteiger partial charge on any atom is -0.480 e. The molecular formula is C13H19NO4S. The van der Waals surface area contributed by atoms with Crippen LogP contribution in [0, 0.1) is 6.92 Å². The van der Waals surface area contributed by atoms with Crippen LogP contribution in [0.2, 0.25) is 0 Å². The molecule has 0 aliphatic heterocycles. The molecule has 1 amide bonds. The van der Waals surface area contributed by atoms with Crippen molar-refractivity contribution in [3.05, 3.63) is 23.7 Å². The van der Waals surface area contributed by atoms with Gasteiger partial charge in [-0.1, -0.05) is 0 Å². The van der Waals surface area contributed by atoms with Gasteiger partial charge in [0.15, 0.2) is 0 Å². The van der Waals surface area contributed by atoms with E-state index in [4.69, 9.17) is 9.52 Å². The van der Waals surface area contributed by atoms with E-state index < -0.39 is 10.7 Å². The lowest BCUT2D eigenvalue weighted by Gasteiger charge is -2.21. The maximum atomic E-state index is 11.9. The number of rotatable bonds is 6. The van der Waals surface area contributed by atoms with Gasteiger partial charge in [-0.3, -0.25) is 9.59 Å². The normalized spacial score (nSPS) is 11.4. The van der Waals surface area contributed by atoms with Crippen molar-refractivity contribution in [3.8, 4) is 0 Å². The molecule has 1 aromatic rings. The SMILES string of the molecule is Cc1ccc(CN(C)C(=O)CSC(C)(C)C(=O)O)o1. The number of aryl methyl sites for hydroxylation is 1. The van der Waals surface area contributed by atoms with Gasteiger partial charge in [-0.2, -0.15) is 0 Å². The first-order chi connectivity index (χ1) is 8.72. The van der Waals surface area contributed by atoms with E-state index in [-0.39, 0.29) is 11.7 Å². The molecule has 0 atom stereocenters. The Kier molecular flexibility index (Phi) is 5.05. The van der Waals surface area contributed by atoms with Gasteiger partial charge < -0.3 is 14.4 Å². The van der Waals surface area contributed by atoms with E-state index in [1.165, 1.54) is 4.90 Å². The highest BCUT2D eigenvalue weighted by Gasteiger charge is 2.29. The number of amides is 1. The highest BCUT2D eigenvalue weighted by atomic mass is 32.2. The number of nitrogens with zero attached hydrogens (tertiary/aromatic N) is 1. The molecule has 0 saturated heterocycles. The molecule has 0 unspecified atom stereocenters. The second-order valence-corrected chi connectivity index (χ2v) is 6.46. The molecule has 1 rings (SSSR count). The van der Waals surface area contributed by atoms with E-state index in [0.29, 0.717) is 6.54 Å². The first-order valence-corrected chi connectivity index (χ1v) is 6.87. The lowest BCUT2D eigenvalue weighted by atomic mass is 10.2. The van der Waals surface area contributed by atoms with Crippen LogP contribution in [0.1, 0.15) is 25.4 Å². The first-order valence-electron chi connectivity index (χ1n) is 5.89. The Morgan fingerprint density at radius 1 is 1.42 bits per heavy atom.